The quantitative estimate of drug-likeness (QED) is 0.854. The highest BCUT2D eigenvalue weighted by atomic mass is 35.5. The molecule has 1 aromatic rings. The lowest BCUT2D eigenvalue weighted by Gasteiger charge is -2.40. The Labute approximate surface area is 134 Å². The Bertz CT molecular complexity index is 529. The number of morpholine rings is 1. The smallest absolute Gasteiger partial charge is 0.240 e. The van der Waals surface area contributed by atoms with E-state index in [9.17, 15) is 9.18 Å². The summed E-state index contributed by atoms with van der Waals surface area (Å²) >= 11 is 6.08. The van der Waals surface area contributed by atoms with Crippen molar-refractivity contribution in [3.8, 4) is 0 Å². The molecule has 0 spiro atoms. The third-order valence-corrected chi connectivity index (χ3v) is 4.75. The number of hydrogen-bond donors (Lipinski definition) is 0. The molecule has 0 aromatic heterocycles. The molecule has 2 aliphatic heterocycles. The van der Waals surface area contributed by atoms with Gasteiger partial charge in [-0.15, -0.1) is 0 Å². The largest absolute Gasteiger partial charge is 0.379 e. The monoisotopic (exact) mass is 326 g/mol. The maximum Gasteiger partial charge on any atom is 0.240 e. The van der Waals surface area contributed by atoms with E-state index < -0.39 is 0 Å². The molecule has 2 saturated heterocycles. The molecule has 22 heavy (non-hydrogen) atoms. The second-order valence-corrected chi connectivity index (χ2v) is 6.17. The van der Waals surface area contributed by atoms with Crippen LogP contribution in [0.4, 0.5) is 4.39 Å². The van der Waals surface area contributed by atoms with Crippen molar-refractivity contribution < 1.29 is 13.9 Å². The molecule has 2 aliphatic rings. The van der Waals surface area contributed by atoms with Crippen molar-refractivity contribution in [3.05, 3.63) is 34.6 Å². The van der Waals surface area contributed by atoms with Gasteiger partial charge in [-0.2, -0.15) is 0 Å². The van der Waals surface area contributed by atoms with Crippen molar-refractivity contribution in [1.82, 2.24) is 9.80 Å². The minimum atomic E-state index is -0.353. The second kappa shape index (κ2) is 6.94. The van der Waals surface area contributed by atoms with Crippen LogP contribution in [0.1, 0.15) is 18.4 Å². The molecule has 1 atom stereocenters. The lowest BCUT2D eigenvalue weighted by molar-refractivity contribution is -0.142. The van der Waals surface area contributed by atoms with Crippen LogP contribution < -0.4 is 0 Å². The Kier molecular flexibility index (Phi) is 4.96. The van der Waals surface area contributed by atoms with E-state index in [-0.39, 0.29) is 24.3 Å². The predicted octanol–water partition coefficient (Wildman–Crippen LogP) is 2.30. The minimum Gasteiger partial charge on any atom is -0.379 e. The number of benzene rings is 1. The number of hydrogen-bond acceptors (Lipinski definition) is 3. The first-order valence-electron chi connectivity index (χ1n) is 7.70. The summed E-state index contributed by atoms with van der Waals surface area (Å²) < 4.78 is 19.3. The van der Waals surface area contributed by atoms with Crippen molar-refractivity contribution >= 4 is 17.5 Å². The van der Waals surface area contributed by atoms with Gasteiger partial charge in [0.2, 0.25) is 5.91 Å². The molecule has 2 heterocycles. The van der Waals surface area contributed by atoms with Gasteiger partial charge in [-0.3, -0.25) is 9.69 Å². The molecule has 0 unspecified atom stereocenters. The Morgan fingerprint density at radius 1 is 1.27 bits per heavy atom. The Morgan fingerprint density at radius 3 is 2.77 bits per heavy atom. The van der Waals surface area contributed by atoms with Gasteiger partial charge in [0.1, 0.15) is 5.82 Å². The minimum absolute atomic E-state index is 0.0764. The molecule has 6 heteroatoms. The van der Waals surface area contributed by atoms with E-state index in [0.717, 1.165) is 25.9 Å². The molecular weight excluding hydrogens is 307 g/mol. The average molecular weight is 327 g/mol. The lowest BCUT2D eigenvalue weighted by Crippen LogP contribution is -2.54. The first-order chi connectivity index (χ1) is 10.7. The summed E-state index contributed by atoms with van der Waals surface area (Å²) in [6.45, 7) is 3.80. The molecule has 0 saturated carbocycles. The van der Waals surface area contributed by atoms with Crippen LogP contribution >= 0.6 is 11.6 Å². The maximum absolute atomic E-state index is 13.9. The number of rotatable bonds is 3. The first-order valence-corrected chi connectivity index (χ1v) is 8.08. The van der Waals surface area contributed by atoms with Crippen LogP contribution in [-0.4, -0.2) is 54.6 Å². The summed E-state index contributed by atoms with van der Waals surface area (Å²) in [6.07, 6.45) is 1.79. The first kappa shape index (κ1) is 15.7. The zero-order valence-electron chi connectivity index (χ0n) is 12.4. The van der Waals surface area contributed by atoms with Gasteiger partial charge in [0, 0.05) is 30.2 Å². The summed E-state index contributed by atoms with van der Waals surface area (Å²) in [7, 11) is 0. The number of amides is 1. The fourth-order valence-electron chi connectivity index (χ4n) is 3.18. The van der Waals surface area contributed by atoms with Crippen molar-refractivity contribution in [2.24, 2.45) is 0 Å². The molecule has 4 nitrogen and oxygen atoms in total. The van der Waals surface area contributed by atoms with Gasteiger partial charge in [-0.1, -0.05) is 17.7 Å². The third-order valence-electron chi connectivity index (χ3n) is 4.40. The molecule has 1 amide bonds. The van der Waals surface area contributed by atoms with Crippen molar-refractivity contribution in [3.63, 3.8) is 0 Å². The Hall–Kier alpha value is -1.17. The van der Waals surface area contributed by atoms with Crippen molar-refractivity contribution in [2.75, 3.05) is 32.8 Å². The molecular formula is C16H20ClFN2O2. The highest BCUT2D eigenvalue weighted by Crippen LogP contribution is 2.25. The third kappa shape index (κ3) is 3.26. The van der Waals surface area contributed by atoms with Crippen molar-refractivity contribution in [2.45, 2.75) is 25.4 Å². The summed E-state index contributed by atoms with van der Waals surface area (Å²) in [6, 6.07) is 4.52. The summed E-state index contributed by atoms with van der Waals surface area (Å²) in [5, 5.41) is 0.376. The second-order valence-electron chi connectivity index (χ2n) is 5.77. The highest BCUT2D eigenvalue weighted by Gasteiger charge is 2.34. The molecule has 0 aliphatic carbocycles. The van der Waals surface area contributed by atoms with Gasteiger partial charge in [-0.25, -0.2) is 4.39 Å². The van der Waals surface area contributed by atoms with Gasteiger partial charge in [0.25, 0.3) is 0 Å². The Balaban J connectivity index is 1.72. The highest BCUT2D eigenvalue weighted by molar-refractivity contribution is 6.31. The van der Waals surface area contributed by atoms with E-state index in [2.05, 4.69) is 4.90 Å². The van der Waals surface area contributed by atoms with E-state index in [4.69, 9.17) is 16.3 Å². The van der Waals surface area contributed by atoms with Gasteiger partial charge in [0.05, 0.1) is 25.8 Å². The van der Waals surface area contributed by atoms with E-state index >= 15 is 0 Å². The van der Waals surface area contributed by atoms with Gasteiger partial charge >= 0.3 is 0 Å². The molecule has 1 aromatic carbocycles. The normalized spacial score (nSPS) is 23.8. The fraction of sp³-hybridized carbons (Fsp3) is 0.562. The molecule has 120 valence electrons. The molecule has 0 bridgehead atoms. The van der Waals surface area contributed by atoms with E-state index in [1.807, 2.05) is 0 Å². The van der Waals surface area contributed by atoms with Crippen LogP contribution in [0, 0.1) is 5.82 Å². The number of nitrogens with zero attached hydrogens (tertiary/aromatic N) is 2. The Morgan fingerprint density at radius 2 is 2.05 bits per heavy atom. The number of halogens is 2. The van der Waals surface area contributed by atoms with Crippen LogP contribution in [0.3, 0.4) is 0 Å². The van der Waals surface area contributed by atoms with Crippen LogP contribution in [0.2, 0.25) is 5.02 Å². The SMILES string of the molecule is O=C1[C@@H](N2CCOCC2)CCCN1Cc1c(F)cccc1Cl. The number of piperidine rings is 1. The molecule has 0 radical (unpaired) electrons. The fourth-order valence-corrected chi connectivity index (χ4v) is 3.40. The molecule has 2 fully saturated rings. The predicted molar refractivity (Wildman–Crippen MR) is 82.2 cm³/mol. The summed E-state index contributed by atoms with van der Waals surface area (Å²) in [4.78, 5) is 16.6. The standard InChI is InChI=1S/C16H20ClFN2O2/c17-13-3-1-4-14(18)12(13)11-20-6-2-5-15(16(20)21)19-7-9-22-10-8-19/h1,3-4,15H,2,5-11H2/t15-/m0/s1. The van der Waals surface area contributed by atoms with Crippen molar-refractivity contribution in [1.29, 1.82) is 0 Å². The van der Waals surface area contributed by atoms with Gasteiger partial charge in [-0.05, 0) is 25.0 Å². The summed E-state index contributed by atoms with van der Waals surface area (Å²) in [5.41, 5.74) is 0.403. The number of carbonyl (C=O) groups excluding carboxylic acids is 1. The van der Waals surface area contributed by atoms with E-state index in [0.29, 0.717) is 30.3 Å². The average Bonchev–Trinajstić information content (AvgIpc) is 2.53. The number of carbonyl (C=O) groups is 1. The number of ether oxygens (including phenoxy) is 1. The van der Waals surface area contributed by atoms with Crippen LogP contribution in [0.25, 0.3) is 0 Å². The van der Waals surface area contributed by atoms with E-state index in [1.165, 1.54) is 6.07 Å². The van der Waals surface area contributed by atoms with Gasteiger partial charge in [0.15, 0.2) is 0 Å². The molecule has 3 rings (SSSR count). The summed E-state index contributed by atoms with van der Waals surface area (Å²) in [5.74, 6) is -0.277. The zero-order valence-corrected chi connectivity index (χ0v) is 13.2. The van der Waals surface area contributed by atoms with Crippen LogP contribution in [0.5, 0.6) is 0 Å². The number of likely N-dealkylation sites (tertiary alicyclic amines) is 1. The topological polar surface area (TPSA) is 32.8 Å². The van der Waals surface area contributed by atoms with Gasteiger partial charge < -0.3 is 9.64 Å². The zero-order chi connectivity index (χ0) is 15.5. The lowest BCUT2D eigenvalue weighted by atomic mass is 10.0. The molecule has 0 N–H and O–H groups in total. The maximum atomic E-state index is 13.9. The van der Waals surface area contributed by atoms with Crippen LogP contribution in [-0.2, 0) is 16.1 Å². The van der Waals surface area contributed by atoms with E-state index in [1.54, 1.807) is 17.0 Å². The van der Waals surface area contributed by atoms with Crippen LogP contribution in [0.15, 0.2) is 18.2 Å².